The van der Waals surface area contributed by atoms with Gasteiger partial charge in [0, 0.05) is 25.4 Å². The first kappa shape index (κ1) is 15.1. The van der Waals surface area contributed by atoms with Crippen molar-refractivity contribution in [2.75, 3.05) is 5.32 Å². The number of halogens is 2. The first-order valence-electron chi connectivity index (χ1n) is 6.94. The Hall–Kier alpha value is -1.85. The molecule has 2 aromatic heterocycles. The molecule has 22 heavy (non-hydrogen) atoms. The van der Waals surface area contributed by atoms with E-state index in [1.807, 2.05) is 17.9 Å². The summed E-state index contributed by atoms with van der Waals surface area (Å²) in [6, 6.07) is 3.44. The summed E-state index contributed by atoms with van der Waals surface area (Å²) in [4.78, 5) is 8.86. The molecule has 3 aromatic rings. The number of rotatable bonds is 4. The molecule has 0 amide bonds. The fourth-order valence-corrected chi connectivity index (χ4v) is 2.62. The molecular formula is C15H15Cl2N5. The van der Waals surface area contributed by atoms with Crippen LogP contribution in [0.5, 0.6) is 0 Å². The van der Waals surface area contributed by atoms with Crippen LogP contribution < -0.4 is 5.32 Å². The predicted octanol–water partition coefficient (Wildman–Crippen LogP) is 3.84. The molecule has 0 saturated heterocycles. The minimum absolute atomic E-state index is 0.473. The van der Waals surface area contributed by atoms with Crippen molar-refractivity contribution in [2.45, 2.75) is 19.9 Å². The van der Waals surface area contributed by atoms with E-state index in [1.165, 1.54) is 0 Å². The third-order valence-corrected chi connectivity index (χ3v) is 4.09. The zero-order valence-electron chi connectivity index (χ0n) is 12.3. The predicted molar refractivity (Wildman–Crippen MR) is 89.5 cm³/mol. The molecule has 114 valence electrons. The first-order chi connectivity index (χ1) is 10.6. The number of hydrogen-bond acceptors (Lipinski definition) is 4. The Bertz CT molecular complexity index is 828. The van der Waals surface area contributed by atoms with Crippen molar-refractivity contribution < 1.29 is 0 Å². The maximum Gasteiger partial charge on any atom is 0.145 e. The standard InChI is InChI=1S/C15H15Cl2N5/c1-3-12-9(8-22(2)21-12)6-19-15-7-18-13-4-10(16)11(17)5-14(13)20-15/h4-5,7-8H,3,6H2,1-2H3,(H,19,20). The van der Waals surface area contributed by atoms with E-state index < -0.39 is 0 Å². The van der Waals surface area contributed by atoms with Gasteiger partial charge in [-0.05, 0) is 18.6 Å². The second kappa shape index (κ2) is 6.10. The number of nitrogens with zero attached hydrogens (tertiary/aromatic N) is 4. The van der Waals surface area contributed by atoms with Crippen LogP contribution in [0.25, 0.3) is 11.0 Å². The summed E-state index contributed by atoms with van der Waals surface area (Å²) in [7, 11) is 1.92. The maximum absolute atomic E-state index is 6.02. The molecule has 0 unspecified atom stereocenters. The average molecular weight is 336 g/mol. The highest BCUT2D eigenvalue weighted by atomic mass is 35.5. The molecular weight excluding hydrogens is 321 g/mol. The van der Waals surface area contributed by atoms with Crippen LogP contribution in [0.1, 0.15) is 18.2 Å². The van der Waals surface area contributed by atoms with Crippen molar-refractivity contribution in [1.82, 2.24) is 19.7 Å². The smallest absolute Gasteiger partial charge is 0.145 e. The Kier molecular flexibility index (Phi) is 4.18. The highest BCUT2D eigenvalue weighted by molar-refractivity contribution is 6.42. The van der Waals surface area contributed by atoms with Gasteiger partial charge < -0.3 is 5.32 Å². The van der Waals surface area contributed by atoms with E-state index in [0.29, 0.717) is 27.9 Å². The Labute approximate surface area is 138 Å². The lowest BCUT2D eigenvalue weighted by atomic mass is 10.2. The zero-order chi connectivity index (χ0) is 15.7. The lowest BCUT2D eigenvalue weighted by Crippen LogP contribution is -2.03. The number of aromatic nitrogens is 4. The monoisotopic (exact) mass is 335 g/mol. The second-order valence-corrected chi connectivity index (χ2v) is 5.81. The van der Waals surface area contributed by atoms with Crippen molar-refractivity contribution in [3.8, 4) is 0 Å². The highest BCUT2D eigenvalue weighted by Gasteiger charge is 2.08. The summed E-state index contributed by atoms with van der Waals surface area (Å²) < 4.78 is 1.82. The van der Waals surface area contributed by atoms with Crippen LogP contribution in [0.15, 0.2) is 24.5 Å². The molecule has 1 aromatic carbocycles. The molecule has 3 rings (SSSR count). The number of fused-ring (bicyclic) bond motifs is 1. The van der Waals surface area contributed by atoms with Gasteiger partial charge in [-0.3, -0.25) is 9.67 Å². The van der Waals surface area contributed by atoms with E-state index in [4.69, 9.17) is 23.2 Å². The van der Waals surface area contributed by atoms with Crippen LogP contribution >= 0.6 is 23.2 Å². The first-order valence-corrected chi connectivity index (χ1v) is 7.69. The maximum atomic E-state index is 6.02. The Morgan fingerprint density at radius 1 is 1.18 bits per heavy atom. The van der Waals surface area contributed by atoms with Gasteiger partial charge >= 0.3 is 0 Å². The molecule has 0 aliphatic rings. The van der Waals surface area contributed by atoms with E-state index in [2.05, 4.69) is 27.3 Å². The summed E-state index contributed by atoms with van der Waals surface area (Å²) >= 11 is 12.0. The van der Waals surface area contributed by atoms with Crippen LogP contribution in [-0.4, -0.2) is 19.7 Å². The largest absolute Gasteiger partial charge is 0.365 e. The lowest BCUT2D eigenvalue weighted by molar-refractivity contribution is 0.746. The molecule has 0 atom stereocenters. The van der Waals surface area contributed by atoms with E-state index in [1.54, 1.807) is 18.3 Å². The minimum atomic E-state index is 0.473. The molecule has 2 heterocycles. The Morgan fingerprint density at radius 3 is 2.64 bits per heavy atom. The Balaban J connectivity index is 1.83. The summed E-state index contributed by atoms with van der Waals surface area (Å²) in [6.45, 7) is 2.74. The molecule has 0 bridgehead atoms. The van der Waals surface area contributed by atoms with Crippen molar-refractivity contribution in [3.05, 3.63) is 45.8 Å². The topological polar surface area (TPSA) is 55.6 Å². The molecule has 5 nitrogen and oxygen atoms in total. The van der Waals surface area contributed by atoms with E-state index >= 15 is 0 Å². The summed E-state index contributed by atoms with van der Waals surface area (Å²) in [5, 5.41) is 8.65. The van der Waals surface area contributed by atoms with Crippen LogP contribution in [0.2, 0.25) is 10.0 Å². The average Bonchev–Trinajstić information content (AvgIpc) is 2.86. The van der Waals surface area contributed by atoms with Gasteiger partial charge in [0.1, 0.15) is 5.82 Å². The molecule has 0 aliphatic heterocycles. The molecule has 1 N–H and O–H groups in total. The van der Waals surface area contributed by atoms with Crippen LogP contribution in [0.3, 0.4) is 0 Å². The van der Waals surface area contributed by atoms with Gasteiger partial charge in [-0.1, -0.05) is 30.1 Å². The molecule has 7 heteroatoms. The van der Waals surface area contributed by atoms with Gasteiger partial charge in [0.2, 0.25) is 0 Å². The number of anilines is 1. The third-order valence-electron chi connectivity index (χ3n) is 3.37. The molecule has 0 fully saturated rings. The summed E-state index contributed by atoms with van der Waals surface area (Å²) in [6.07, 6.45) is 4.60. The van der Waals surface area contributed by atoms with E-state index in [-0.39, 0.29) is 0 Å². The molecule has 0 saturated carbocycles. The Morgan fingerprint density at radius 2 is 1.91 bits per heavy atom. The number of aryl methyl sites for hydroxylation is 2. The normalized spacial score (nSPS) is 11.1. The van der Waals surface area contributed by atoms with Crippen LogP contribution in [0, 0.1) is 0 Å². The fraction of sp³-hybridized carbons (Fsp3) is 0.267. The van der Waals surface area contributed by atoms with Crippen molar-refractivity contribution >= 4 is 40.1 Å². The fourth-order valence-electron chi connectivity index (χ4n) is 2.31. The van der Waals surface area contributed by atoms with Gasteiger partial charge in [-0.2, -0.15) is 5.10 Å². The zero-order valence-corrected chi connectivity index (χ0v) is 13.8. The minimum Gasteiger partial charge on any atom is -0.365 e. The van der Waals surface area contributed by atoms with Crippen LogP contribution in [-0.2, 0) is 20.0 Å². The second-order valence-electron chi connectivity index (χ2n) is 4.99. The quantitative estimate of drug-likeness (QED) is 0.786. The number of hydrogen-bond donors (Lipinski definition) is 1. The summed E-state index contributed by atoms with van der Waals surface area (Å²) in [5.41, 5.74) is 3.66. The molecule has 0 aliphatic carbocycles. The third kappa shape index (κ3) is 3.00. The van der Waals surface area contributed by atoms with Gasteiger partial charge in [-0.15, -0.1) is 0 Å². The lowest BCUT2D eigenvalue weighted by Gasteiger charge is -2.06. The summed E-state index contributed by atoms with van der Waals surface area (Å²) in [5.74, 6) is 0.691. The van der Waals surface area contributed by atoms with Gasteiger partial charge in [0.05, 0.1) is 33.0 Å². The number of nitrogens with one attached hydrogen (secondary N) is 1. The van der Waals surface area contributed by atoms with Crippen molar-refractivity contribution in [3.63, 3.8) is 0 Å². The van der Waals surface area contributed by atoms with Gasteiger partial charge in [0.15, 0.2) is 0 Å². The van der Waals surface area contributed by atoms with Gasteiger partial charge in [0.25, 0.3) is 0 Å². The van der Waals surface area contributed by atoms with E-state index in [0.717, 1.165) is 23.2 Å². The number of benzene rings is 1. The SMILES string of the molecule is CCc1nn(C)cc1CNc1cnc2cc(Cl)c(Cl)cc2n1. The van der Waals surface area contributed by atoms with Crippen LogP contribution in [0.4, 0.5) is 5.82 Å². The molecule has 0 spiro atoms. The highest BCUT2D eigenvalue weighted by Crippen LogP contribution is 2.26. The van der Waals surface area contributed by atoms with Crippen molar-refractivity contribution in [1.29, 1.82) is 0 Å². The van der Waals surface area contributed by atoms with E-state index in [9.17, 15) is 0 Å². The molecule has 0 radical (unpaired) electrons. The van der Waals surface area contributed by atoms with Gasteiger partial charge in [-0.25, -0.2) is 4.98 Å². The van der Waals surface area contributed by atoms with Crippen molar-refractivity contribution in [2.24, 2.45) is 7.05 Å².